The zero-order valence-electron chi connectivity index (χ0n) is 12.4. The zero-order chi connectivity index (χ0) is 17.7. The molecule has 0 unspecified atom stereocenters. The van der Waals surface area contributed by atoms with E-state index in [1.165, 1.54) is 12.2 Å². The van der Waals surface area contributed by atoms with Crippen LogP contribution in [0.3, 0.4) is 0 Å². The summed E-state index contributed by atoms with van der Waals surface area (Å²) >= 11 is 9.84. The lowest BCUT2D eigenvalue weighted by molar-refractivity contribution is -0.137. The Kier molecular flexibility index (Phi) is 13.8. The molecule has 0 saturated heterocycles. The van der Waals surface area contributed by atoms with Crippen LogP contribution >= 0.6 is 47.8 Å². The average Bonchev–Trinajstić information content (AvgIpc) is 2.44. The summed E-state index contributed by atoms with van der Waals surface area (Å²) in [5, 5.41) is 28.0. The summed E-state index contributed by atoms with van der Waals surface area (Å²) < 4.78 is 1.67. The molecule has 0 spiro atoms. The number of unbranched alkanes of at least 4 members (excludes halogenated alkanes) is 1. The number of hydrogen-bond acceptors (Lipinski definition) is 3. The highest BCUT2D eigenvalue weighted by molar-refractivity contribution is 9.28. The van der Waals surface area contributed by atoms with Crippen molar-refractivity contribution in [2.24, 2.45) is 0 Å². The molecule has 0 aliphatic carbocycles. The summed E-state index contributed by atoms with van der Waals surface area (Å²) in [6, 6.07) is 0. The minimum Gasteiger partial charge on any atom is -0.481 e. The van der Waals surface area contributed by atoms with Gasteiger partial charge in [0.1, 0.15) is 0 Å². The first-order valence-electron chi connectivity index (χ1n) is 6.94. The number of aliphatic hydroxyl groups is 2. The fraction of sp³-hybridized carbons (Fsp3) is 0.438. The number of carboxylic acids is 1. The highest BCUT2D eigenvalue weighted by atomic mass is 79.9. The van der Waals surface area contributed by atoms with Gasteiger partial charge in [0, 0.05) is 17.3 Å². The number of carbonyl (C=O) groups is 1. The molecule has 128 valence electrons. The Morgan fingerprint density at radius 3 is 2.52 bits per heavy atom. The van der Waals surface area contributed by atoms with Crippen LogP contribution in [0.15, 0.2) is 32.2 Å². The van der Waals surface area contributed by atoms with Crippen molar-refractivity contribution in [3.63, 3.8) is 0 Å². The van der Waals surface area contributed by atoms with Crippen molar-refractivity contribution in [1.29, 1.82) is 0 Å². The number of aliphatic carboxylic acids is 1. The first-order chi connectivity index (χ1) is 10.8. The normalized spacial score (nSPS) is 14.0. The summed E-state index contributed by atoms with van der Waals surface area (Å²) in [6.07, 6.45) is 6.90. The number of allylic oxidation sites excluding steroid dienone is 4. The second kappa shape index (κ2) is 14.0. The van der Waals surface area contributed by atoms with Crippen LogP contribution in [-0.2, 0) is 4.79 Å². The standard InChI is InChI=1S/C16H19Br3O4/c17-12(11-15(18)19)7-6-9-14(21)13(20)8-4-2-1-3-5-10-16(22)23/h4,7-8,11,13-14,20-21H,3,5-6,9-10H2,(H,22,23)/t13-,14-/m1/s1. The molecule has 0 heterocycles. The number of halogens is 3. The van der Waals surface area contributed by atoms with E-state index >= 15 is 0 Å². The molecule has 0 amide bonds. The number of hydrogen-bond donors (Lipinski definition) is 3. The van der Waals surface area contributed by atoms with Gasteiger partial charge < -0.3 is 15.3 Å². The second-order valence-electron chi connectivity index (χ2n) is 4.59. The van der Waals surface area contributed by atoms with Crippen LogP contribution in [0.1, 0.15) is 32.1 Å². The SMILES string of the molecule is O=C(O)CCCC#CC=C[C@@H](O)[C@H](O)CCC=C(Br)C=C(Br)Br. The van der Waals surface area contributed by atoms with Crippen LogP contribution in [0.5, 0.6) is 0 Å². The lowest BCUT2D eigenvalue weighted by Gasteiger charge is -2.12. The summed E-state index contributed by atoms with van der Waals surface area (Å²) in [7, 11) is 0. The van der Waals surface area contributed by atoms with Gasteiger partial charge in [-0.2, -0.15) is 0 Å². The van der Waals surface area contributed by atoms with Crippen molar-refractivity contribution >= 4 is 53.8 Å². The third-order valence-corrected chi connectivity index (χ3v) is 3.62. The Bertz CT molecular complexity index is 511. The van der Waals surface area contributed by atoms with Gasteiger partial charge in [-0.1, -0.05) is 33.8 Å². The van der Waals surface area contributed by atoms with Crippen molar-refractivity contribution in [1.82, 2.24) is 0 Å². The number of carboxylic acid groups (broad SMARTS) is 1. The van der Waals surface area contributed by atoms with Gasteiger partial charge in [-0.25, -0.2) is 0 Å². The zero-order valence-corrected chi connectivity index (χ0v) is 17.1. The van der Waals surface area contributed by atoms with E-state index in [1.54, 1.807) is 0 Å². The maximum Gasteiger partial charge on any atom is 0.303 e. The molecule has 0 aliphatic heterocycles. The van der Waals surface area contributed by atoms with Gasteiger partial charge in [-0.05, 0) is 69.4 Å². The van der Waals surface area contributed by atoms with E-state index in [0.717, 1.165) is 7.87 Å². The molecule has 0 fully saturated rings. The molecule has 0 aromatic carbocycles. The van der Waals surface area contributed by atoms with Gasteiger partial charge in [-0.3, -0.25) is 4.79 Å². The molecular weight excluding hydrogens is 496 g/mol. The van der Waals surface area contributed by atoms with Crippen LogP contribution in [0, 0.1) is 11.8 Å². The van der Waals surface area contributed by atoms with E-state index in [-0.39, 0.29) is 6.42 Å². The van der Waals surface area contributed by atoms with Gasteiger partial charge in [0.25, 0.3) is 0 Å². The van der Waals surface area contributed by atoms with E-state index in [0.29, 0.717) is 25.7 Å². The van der Waals surface area contributed by atoms with Crippen molar-refractivity contribution in [2.75, 3.05) is 0 Å². The van der Waals surface area contributed by atoms with Gasteiger partial charge in [0.15, 0.2) is 0 Å². The monoisotopic (exact) mass is 512 g/mol. The lowest BCUT2D eigenvalue weighted by Crippen LogP contribution is -2.23. The smallest absolute Gasteiger partial charge is 0.303 e. The molecular formula is C16H19Br3O4. The molecule has 3 N–H and O–H groups in total. The predicted octanol–water partition coefficient (Wildman–Crippen LogP) is 4.21. The summed E-state index contributed by atoms with van der Waals surface area (Å²) in [5.41, 5.74) is 0. The average molecular weight is 515 g/mol. The van der Waals surface area contributed by atoms with Crippen molar-refractivity contribution < 1.29 is 20.1 Å². The van der Waals surface area contributed by atoms with Crippen LogP contribution in [0.2, 0.25) is 0 Å². The summed E-state index contributed by atoms with van der Waals surface area (Å²) in [4.78, 5) is 10.3. The first kappa shape index (κ1) is 22.6. The fourth-order valence-electron chi connectivity index (χ4n) is 1.46. The molecule has 0 rings (SSSR count). The third-order valence-electron chi connectivity index (χ3n) is 2.61. The molecule has 0 aliphatic rings. The molecule has 0 bridgehead atoms. The number of rotatable bonds is 9. The van der Waals surface area contributed by atoms with E-state index in [1.807, 2.05) is 12.2 Å². The molecule has 7 heteroatoms. The maximum atomic E-state index is 10.3. The molecule has 2 atom stereocenters. The second-order valence-corrected chi connectivity index (χ2v) is 8.27. The maximum absolute atomic E-state index is 10.3. The minimum atomic E-state index is -0.978. The summed E-state index contributed by atoms with van der Waals surface area (Å²) in [6.45, 7) is 0. The Labute approximate surface area is 161 Å². The lowest BCUT2D eigenvalue weighted by atomic mass is 10.1. The van der Waals surface area contributed by atoms with Gasteiger partial charge in [-0.15, -0.1) is 0 Å². The molecule has 23 heavy (non-hydrogen) atoms. The minimum absolute atomic E-state index is 0.101. The third kappa shape index (κ3) is 14.9. The van der Waals surface area contributed by atoms with E-state index < -0.39 is 18.2 Å². The van der Waals surface area contributed by atoms with E-state index in [4.69, 9.17) is 5.11 Å². The van der Waals surface area contributed by atoms with Crippen LogP contribution in [-0.4, -0.2) is 33.5 Å². The van der Waals surface area contributed by atoms with Gasteiger partial charge in [0.05, 0.1) is 15.6 Å². The Morgan fingerprint density at radius 1 is 1.22 bits per heavy atom. The predicted molar refractivity (Wildman–Crippen MR) is 103 cm³/mol. The fourth-order valence-corrected chi connectivity index (χ4v) is 3.03. The Balaban J connectivity index is 4.08. The number of aliphatic hydroxyl groups excluding tert-OH is 2. The van der Waals surface area contributed by atoms with Gasteiger partial charge >= 0.3 is 5.97 Å². The largest absolute Gasteiger partial charge is 0.481 e. The highest BCUT2D eigenvalue weighted by Gasteiger charge is 2.11. The van der Waals surface area contributed by atoms with Crippen LogP contribution < -0.4 is 0 Å². The molecule has 4 nitrogen and oxygen atoms in total. The topological polar surface area (TPSA) is 77.8 Å². The van der Waals surface area contributed by atoms with Crippen LogP contribution in [0.25, 0.3) is 0 Å². The van der Waals surface area contributed by atoms with E-state index in [9.17, 15) is 15.0 Å². The van der Waals surface area contributed by atoms with E-state index in [2.05, 4.69) is 59.6 Å². The van der Waals surface area contributed by atoms with Gasteiger partial charge in [0.2, 0.25) is 0 Å². The Morgan fingerprint density at radius 2 is 1.91 bits per heavy atom. The molecule has 0 aromatic heterocycles. The van der Waals surface area contributed by atoms with Crippen molar-refractivity contribution in [2.45, 2.75) is 44.3 Å². The molecule has 0 aromatic rings. The molecule has 0 saturated carbocycles. The quantitative estimate of drug-likeness (QED) is 0.245. The van der Waals surface area contributed by atoms with Crippen LogP contribution in [0.4, 0.5) is 0 Å². The Hall–Kier alpha value is -0.390. The summed E-state index contributed by atoms with van der Waals surface area (Å²) in [5.74, 6) is 4.66. The molecule has 0 radical (unpaired) electrons. The highest BCUT2D eigenvalue weighted by Crippen LogP contribution is 2.20. The van der Waals surface area contributed by atoms with Crippen molar-refractivity contribution in [3.8, 4) is 11.8 Å². The van der Waals surface area contributed by atoms with Crippen molar-refractivity contribution in [3.05, 3.63) is 32.2 Å². The first-order valence-corrected chi connectivity index (χ1v) is 9.32.